The summed E-state index contributed by atoms with van der Waals surface area (Å²) >= 11 is -1.17. The Bertz CT molecular complexity index is 1190. The minimum Gasteiger partial charge on any atom is -0.610 e. The normalized spacial score (nSPS) is 14.0. The van der Waals surface area contributed by atoms with Crippen LogP contribution in [0.4, 0.5) is 11.5 Å². The van der Waals surface area contributed by atoms with Gasteiger partial charge in [0.2, 0.25) is 10.9 Å². The molecule has 10 heteroatoms. The molecule has 0 spiro atoms. The van der Waals surface area contributed by atoms with E-state index >= 15 is 0 Å². The molecule has 1 fully saturated rings. The number of amides is 1. The number of nitrogens with one attached hydrogen (secondary N) is 1. The van der Waals surface area contributed by atoms with Crippen LogP contribution in [-0.2, 0) is 27.3 Å². The number of rotatable bonds is 9. The second kappa shape index (κ2) is 11.2. The van der Waals surface area contributed by atoms with Gasteiger partial charge in [0.15, 0.2) is 0 Å². The number of nitrogens with zero attached hydrogens (tertiary/aromatic N) is 3. The van der Waals surface area contributed by atoms with E-state index in [-0.39, 0.29) is 5.91 Å². The minimum absolute atomic E-state index is 0.113. The van der Waals surface area contributed by atoms with Crippen molar-refractivity contribution in [2.45, 2.75) is 31.3 Å². The van der Waals surface area contributed by atoms with Crippen LogP contribution < -0.4 is 10.1 Å². The summed E-state index contributed by atoms with van der Waals surface area (Å²) in [5.41, 5.74) is 1.95. The maximum absolute atomic E-state index is 12.2. The molecule has 3 heterocycles. The number of carbonyl (C=O) groups is 2. The summed E-state index contributed by atoms with van der Waals surface area (Å²) in [6, 6.07) is 12.3. The number of aromatic nitrogens is 2. The van der Waals surface area contributed by atoms with Crippen LogP contribution in [0.5, 0.6) is 11.5 Å². The Hall–Kier alpha value is -3.63. The molecule has 1 atom stereocenters. The first-order valence-electron chi connectivity index (χ1n) is 11.2. The molecule has 0 aliphatic carbocycles. The summed E-state index contributed by atoms with van der Waals surface area (Å²) in [5, 5.41) is 3.69. The van der Waals surface area contributed by atoms with Gasteiger partial charge in [-0.3, -0.25) is 4.79 Å². The molecule has 0 bridgehead atoms. The van der Waals surface area contributed by atoms with E-state index in [0.717, 1.165) is 17.7 Å². The fourth-order valence-corrected chi connectivity index (χ4v) is 4.09. The highest BCUT2D eigenvalue weighted by molar-refractivity contribution is 7.90. The molecule has 1 N–H and O–H groups in total. The van der Waals surface area contributed by atoms with E-state index < -0.39 is 17.1 Å². The lowest BCUT2D eigenvalue weighted by atomic mass is 10.1. The van der Waals surface area contributed by atoms with Crippen LogP contribution in [0.1, 0.15) is 35.7 Å². The third kappa shape index (κ3) is 6.28. The van der Waals surface area contributed by atoms with Crippen molar-refractivity contribution in [2.75, 3.05) is 24.7 Å². The number of benzene rings is 1. The van der Waals surface area contributed by atoms with Crippen molar-refractivity contribution in [3.63, 3.8) is 0 Å². The summed E-state index contributed by atoms with van der Waals surface area (Å²) in [4.78, 5) is 34.4. The third-order valence-corrected chi connectivity index (χ3v) is 6.20. The van der Waals surface area contributed by atoms with Gasteiger partial charge in [0.05, 0.1) is 18.4 Å². The van der Waals surface area contributed by atoms with Crippen LogP contribution >= 0.6 is 0 Å². The predicted octanol–water partition coefficient (Wildman–Crippen LogP) is 4.05. The van der Waals surface area contributed by atoms with Gasteiger partial charge in [0.1, 0.15) is 23.6 Å². The van der Waals surface area contributed by atoms with E-state index in [1.165, 1.54) is 12.4 Å². The molecule has 0 saturated carbocycles. The monoisotopic (exact) mass is 494 g/mol. The van der Waals surface area contributed by atoms with Gasteiger partial charge in [-0.2, -0.15) is 0 Å². The number of hydrogen-bond donors (Lipinski definition) is 1. The fourth-order valence-electron chi connectivity index (χ4n) is 3.63. The Morgan fingerprint density at radius 3 is 2.66 bits per heavy atom. The van der Waals surface area contributed by atoms with E-state index in [0.29, 0.717) is 54.0 Å². The lowest BCUT2D eigenvalue weighted by Gasteiger charge is -2.19. The van der Waals surface area contributed by atoms with E-state index in [2.05, 4.69) is 15.3 Å². The van der Waals surface area contributed by atoms with Crippen LogP contribution in [0.15, 0.2) is 59.9 Å². The van der Waals surface area contributed by atoms with Crippen molar-refractivity contribution in [3.05, 3.63) is 66.0 Å². The average Bonchev–Trinajstić information content (AvgIpc) is 3.26. The molecule has 1 aliphatic heterocycles. The van der Waals surface area contributed by atoms with Crippen molar-refractivity contribution in [3.8, 4) is 11.5 Å². The van der Waals surface area contributed by atoms with Crippen molar-refractivity contribution >= 4 is 34.6 Å². The largest absolute Gasteiger partial charge is 0.610 e. The predicted molar refractivity (Wildman–Crippen MR) is 131 cm³/mol. The first-order valence-corrected chi connectivity index (χ1v) is 12.8. The smallest absolute Gasteiger partial charge is 0.339 e. The molecule has 9 nitrogen and oxygen atoms in total. The third-order valence-electron chi connectivity index (χ3n) is 5.37. The van der Waals surface area contributed by atoms with Crippen molar-refractivity contribution in [1.29, 1.82) is 0 Å². The zero-order chi connectivity index (χ0) is 24.8. The van der Waals surface area contributed by atoms with E-state index in [1.54, 1.807) is 42.3 Å². The molecule has 0 radical (unpaired) electrons. The maximum Gasteiger partial charge on any atom is 0.339 e. The lowest BCUT2D eigenvalue weighted by Crippen LogP contribution is -2.24. The van der Waals surface area contributed by atoms with Gasteiger partial charge in [-0.1, -0.05) is 0 Å². The van der Waals surface area contributed by atoms with Gasteiger partial charge in [-0.25, -0.2) is 14.8 Å². The summed E-state index contributed by atoms with van der Waals surface area (Å²) in [5.74, 6) is 1.35. The minimum atomic E-state index is -1.17. The zero-order valence-corrected chi connectivity index (χ0v) is 20.3. The van der Waals surface area contributed by atoms with Crippen LogP contribution in [0.25, 0.3) is 0 Å². The molecule has 2 aromatic heterocycles. The zero-order valence-electron chi connectivity index (χ0n) is 19.5. The van der Waals surface area contributed by atoms with Crippen molar-refractivity contribution < 1.29 is 23.6 Å². The number of anilines is 2. The van der Waals surface area contributed by atoms with E-state index in [9.17, 15) is 14.1 Å². The molecular weight excluding hydrogens is 468 g/mol. The van der Waals surface area contributed by atoms with Crippen LogP contribution in [-0.4, -0.2) is 50.7 Å². The average molecular weight is 495 g/mol. The number of ether oxygens (including phenoxy) is 2. The quantitative estimate of drug-likeness (QED) is 0.350. The fraction of sp³-hybridized carbons (Fsp3) is 0.280. The first kappa shape index (κ1) is 24.5. The molecule has 1 amide bonds. The number of hydrogen-bond acceptors (Lipinski definition) is 8. The molecule has 4 rings (SSSR count). The Morgan fingerprint density at radius 1 is 1.17 bits per heavy atom. The Balaban J connectivity index is 1.55. The highest BCUT2D eigenvalue weighted by Gasteiger charge is 2.22. The first-order chi connectivity index (χ1) is 16.9. The second-order valence-electron chi connectivity index (χ2n) is 7.91. The molecule has 1 unspecified atom stereocenters. The lowest BCUT2D eigenvalue weighted by molar-refractivity contribution is -0.128. The second-order valence-corrected chi connectivity index (χ2v) is 9.23. The highest BCUT2D eigenvalue weighted by Crippen LogP contribution is 2.31. The number of likely N-dealkylation sites (tertiary alicyclic amines) is 1. The summed E-state index contributed by atoms with van der Waals surface area (Å²) in [6.45, 7) is 3.16. The van der Waals surface area contributed by atoms with Gasteiger partial charge in [0, 0.05) is 54.2 Å². The number of carbonyl (C=O) groups excluding carboxylic acids is 2. The Labute approximate surface area is 206 Å². The van der Waals surface area contributed by atoms with Gasteiger partial charge < -0.3 is 24.2 Å². The van der Waals surface area contributed by atoms with Crippen LogP contribution in [0, 0.1) is 0 Å². The maximum atomic E-state index is 12.2. The molecule has 1 aliphatic rings. The molecule has 1 aromatic carbocycles. The standard InChI is InChI=1S/C25H26N4O5S/c1-3-33-25(31)17-6-10-22(26-14-17)28-19-7-9-21(18(13-19)16-29-12-4-5-24(29)30)34-20-8-11-23(27-15-20)35(2)32/h6-11,13-15H,3-5,12,16H2,1-2H3,(H,26,28). The van der Waals surface area contributed by atoms with E-state index in [1.807, 2.05) is 18.2 Å². The number of esters is 1. The molecule has 1 saturated heterocycles. The van der Waals surface area contributed by atoms with Crippen molar-refractivity contribution in [1.82, 2.24) is 14.9 Å². The summed E-state index contributed by atoms with van der Waals surface area (Å²) in [6.07, 6.45) is 5.94. The van der Waals surface area contributed by atoms with Gasteiger partial charge in [-0.05, 0) is 49.7 Å². The van der Waals surface area contributed by atoms with Gasteiger partial charge in [-0.15, -0.1) is 0 Å². The molecule has 182 valence electrons. The van der Waals surface area contributed by atoms with Crippen LogP contribution in [0.2, 0.25) is 0 Å². The van der Waals surface area contributed by atoms with Gasteiger partial charge >= 0.3 is 5.97 Å². The SMILES string of the molecule is CCOC(=O)c1ccc(Nc2ccc(Oc3ccc([S+](C)[O-])nc3)c(CN3CCCC3=O)c2)nc1. The molecule has 3 aromatic rings. The molecule has 35 heavy (non-hydrogen) atoms. The summed E-state index contributed by atoms with van der Waals surface area (Å²) < 4.78 is 22.7. The molecular formula is C25H26N4O5S. The topological polar surface area (TPSA) is 117 Å². The van der Waals surface area contributed by atoms with Crippen molar-refractivity contribution in [2.24, 2.45) is 0 Å². The Kier molecular flexibility index (Phi) is 7.84. The van der Waals surface area contributed by atoms with E-state index in [4.69, 9.17) is 9.47 Å². The highest BCUT2D eigenvalue weighted by atomic mass is 32.2. The summed E-state index contributed by atoms with van der Waals surface area (Å²) in [7, 11) is 0. The van der Waals surface area contributed by atoms with Crippen LogP contribution in [0.3, 0.4) is 0 Å². The Morgan fingerprint density at radius 2 is 2.03 bits per heavy atom. The number of pyridine rings is 2. The van der Waals surface area contributed by atoms with Gasteiger partial charge in [0.25, 0.3) is 0 Å².